The molecule has 1 aliphatic rings. The van der Waals surface area contributed by atoms with Gasteiger partial charge in [0.1, 0.15) is 5.75 Å². The van der Waals surface area contributed by atoms with Crippen molar-refractivity contribution in [3.05, 3.63) is 29.8 Å². The molecule has 2 rings (SSSR count). The summed E-state index contributed by atoms with van der Waals surface area (Å²) in [6.07, 6.45) is 2.95. The van der Waals surface area contributed by atoms with E-state index in [0.29, 0.717) is 12.5 Å². The highest BCUT2D eigenvalue weighted by atomic mass is 16.5. The second kappa shape index (κ2) is 8.03. The van der Waals surface area contributed by atoms with Crippen LogP contribution in [0.2, 0.25) is 0 Å². The topological polar surface area (TPSA) is 50.4 Å². The van der Waals surface area contributed by atoms with Crippen LogP contribution in [0.15, 0.2) is 24.3 Å². The Labute approximate surface area is 127 Å². The molecular weight excluding hydrogens is 264 g/mol. The molecule has 2 unspecified atom stereocenters. The summed E-state index contributed by atoms with van der Waals surface area (Å²) >= 11 is 0. The molecule has 0 aromatic heterocycles. The molecule has 4 nitrogen and oxygen atoms in total. The summed E-state index contributed by atoms with van der Waals surface area (Å²) in [5.74, 6) is 1.49. The maximum atomic E-state index is 12.0. The third-order valence-electron chi connectivity index (χ3n) is 3.90. The number of hydrogen-bond donors (Lipinski definition) is 2. The minimum atomic E-state index is -0.0697. The molecule has 1 saturated heterocycles. The van der Waals surface area contributed by atoms with Gasteiger partial charge in [-0.1, -0.05) is 19.1 Å². The Kier molecular flexibility index (Phi) is 6.05. The van der Waals surface area contributed by atoms with E-state index in [1.807, 2.05) is 19.1 Å². The highest BCUT2D eigenvalue weighted by Gasteiger charge is 2.27. The zero-order chi connectivity index (χ0) is 15.1. The first kappa shape index (κ1) is 15.8. The van der Waals surface area contributed by atoms with Crippen molar-refractivity contribution in [1.29, 1.82) is 0 Å². The van der Waals surface area contributed by atoms with E-state index in [-0.39, 0.29) is 11.9 Å². The Hall–Kier alpha value is -1.55. The maximum Gasteiger partial charge on any atom is 0.237 e. The average molecular weight is 290 g/mol. The standard InChI is InChI=1S/C17H26N2O2/c1-3-11-21-15-7-5-13(6-8-15)14-9-10-19-16(12-14)17(20)18-4-2/h5-8,14,16,19H,3-4,9-12H2,1-2H3,(H,18,20). The number of carbonyl (C=O) groups is 1. The predicted molar refractivity (Wildman–Crippen MR) is 84.7 cm³/mol. The van der Waals surface area contributed by atoms with Crippen molar-refractivity contribution < 1.29 is 9.53 Å². The minimum Gasteiger partial charge on any atom is -0.494 e. The largest absolute Gasteiger partial charge is 0.494 e. The number of piperidine rings is 1. The van der Waals surface area contributed by atoms with Crippen LogP contribution in [0.25, 0.3) is 0 Å². The van der Waals surface area contributed by atoms with Crippen LogP contribution < -0.4 is 15.4 Å². The van der Waals surface area contributed by atoms with Gasteiger partial charge in [-0.2, -0.15) is 0 Å². The van der Waals surface area contributed by atoms with Gasteiger partial charge in [0, 0.05) is 6.54 Å². The highest BCUT2D eigenvalue weighted by molar-refractivity contribution is 5.81. The van der Waals surface area contributed by atoms with Crippen molar-refractivity contribution in [3.8, 4) is 5.75 Å². The number of carbonyl (C=O) groups excluding carboxylic acids is 1. The lowest BCUT2D eigenvalue weighted by Crippen LogP contribution is -2.48. The van der Waals surface area contributed by atoms with Crippen molar-refractivity contribution in [3.63, 3.8) is 0 Å². The lowest BCUT2D eigenvalue weighted by molar-refractivity contribution is -0.123. The third kappa shape index (κ3) is 4.46. The molecule has 2 atom stereocenters. The third-order valence-corrected chi connectivity index (χ3v) is 3.90. The van der Waals surface area contributed by atoms with Crippen molar-refractivity contribution in [2.45, 2.75) is 45.1 Å². The number of ether oxygens (including phenoxy) is 1. The minimum absolute atomic E-state index is 0.0697. The van der Waals surface area contributed by atoms with Crippen LogP contribution in [0.4, 0.5) is 0 Å². The first-order chi connectivity index (χ1) is 10.2. The van der Waals surface area contributed by atoms with E-state index in [1.54, 1.807) is 0 Å². The summed E-state index contributed by atoms with van der Waals surface area (Å²) in [6, 6.07) is 8.27. The molecule has 1 aliphatic heterocycles. The first-order valence-electron chi connectivity index (χ1n) is 7.98. The Bertz CT molecular complexity index is 445. The van der Waals surface area contributed by atoms with Gasteiger partial charge in [-0.05, 0) is 56.3 Å². The van der Waals surface area contributed by atoms with Crippen LogP contribution in [-0.4, -0.2) is 31.6 Å². The van der Waals surface area contributed by atoms with E-state index >= 15 is 0 Å². The molecule has 0 spiro atoms. The molecule has 1 heterocycles. The molecule has 0 bridgehead atoms. The lowest BCUT2D eigenvalue weighted by Gasteiger charge is -2.29. The number of amides is 1. The van der Waals surface area contributed by atoms with Crippen molar-refractivity contribution in [2.75, 3.05) is 19.7 Å². The Balaban J connectivity index is 1.95. The summed E-state index contributed by atoms with van der Waals surface area (Å²) in [7, 11) is 0. The van der Waals surface area contributed by atoms with Crippen LogP contribution in [0, 0.1) is 0 Å². The number of rotatable bonds is 6. The van der Waals surface area contributed by atoms with Crippen LogP contribution in [0.3, 0.4) is 0 Å². The lowest BCUT2D eigenvalue weighted by atomic mass is 9.86. The summed E-state index contributed by atoms with van der Waals surface area (Å²) in [5.41, 5.74) is 1.30. The van der Waals surface area contributed by atoms with E-state index in [4.69, 9.17) is 4.74 Å². The normalized spacial score (nSPS) is 21.8. The molecule has 1 aromatic carbocycles. The monoisotopic (exact) mass is 290 g/mol. The molecule has 1 aromatic rings. The van der Waals surface area contributed by atoms with Gasteiger partial charge in [0.15, 0.2) is 0 Å². The summed E-state index contributed by atoms with van der Waals surface area (Å²) in [6.45, 7) is 6.38. The maximum absolute atomic E-state index is 12.0. The van der Waals surface area contributed by atoms with Gasteiger partial charge in [0.2, 0.25) is 5.91 Å². The zero-order valence-electron chi connectivity index (χ0n) is 13.0. The van der Waals surface area contributed by atoms with E-state index < -0.39 is 0 Å². The van der Waals surface area contributed by atoms with Crippen molar-refractivity contribution in [1.82, 2.24) is 10.6 Å². The molecule has 0 aliphatic carbocycles. The van der Waals surface area contributed by atoms with Gasteiger partial charge in [-0.15, -0.1) is 0 Å². The van der Waals surface area contributed by atoms with Gasteiger partial charge in [0.05, 0.1) is 12.6 Å². The van der Waals surface area contributed by atoms with Crippen molar-refractivity contribution >= 4 is 5.91 Å². The molecule has 21 heavy (non-hydrogen) atoms. The highest BCUT2D eigenvalue weighted by Crippen LogP contribution is 2.29. The van der Waals surface area contributed by atoms with Gasteiger partial charge in [0.25, 0.3) is 0 Å². The summed E-state index contributed by atoms with van der Waals surface area (Å²) < 4.78 is 5.61. The van der Waals surface area contributed by atoms with Crippen LogP contribution in [-0.2, 0) is 4.79 Å². The second-order valence-electron chi connectivity index (χ2n) is 5.54. The van der Waals surface area contributed by atoms with Crippen LogP contribution >= 0.6 is 0 Å². The second-order valence-corrected chi connectivity index (χ2v) is 5.54. The molecular formula is C17H26N2O2. The molecule has 1 amide bonds. The van der Waals surface area contributed by atoms with Gasteiger partial charge in [-0.3, -0.25) is 4.79 Å². The molecule has 1 fully saturated rings. The van der Waals surface area contributed by atoms with Gasteiger partial charge >= 0.3 is 0 Å². The Morgan fingerprint density at radius 2 is 2.10 bits per heavy atom. The number of nitrogens with one attached hydrogen (secondary N) is 2. The van der Waals surface area contributed by atoms with Gasteiger partial charge in [-0.25, -0.2) is 0 Å². The Morgan fingerprint density at radius 3 is 2.76 bits per heavy atom. The van der Waals surface area contributed by atoms with E-state index in [9.17, 15) is 4.79 Å². The van der Waals surface area contributed by atoms with Crippen molar-refractivity contribution in [2.24, 2.45) is 0 Å². The molecule has 4 heteroatoms. The smallest absolute Gasteiger partial charge is 0.237 e. The molecule has 2 N–H and O–H groups in total. The fourth-order valence-corrected chi connectivity index (χ4v) is 2.77. The van der Waals surface area contributed by atoms with E-state index in [0.717, 1.165) is 38.2 Å². The molecule has 0 saturated carbocycles. The Morgan fingerprint density at radius 1 is 1.33 bits per heavy atom. The fourth-order valence-electron chi connectivity index (χ4n) is 2.77. The van der Waals surface area contributed by atoms with Gasteiger partial charge < -0.3 is 15.4 Å². The van der Waals surface area contributed by atoms with E-state index in [2.05, 4.69) is 29.7 Å². The molecule has 116 valence electrons. The molecule has 0 radical (unpaired) electrons. The quantitative estimate of drug-likeness (QED) is 0.846. The summed E-state index contributed by atoms with van der Waals surface area (Å²) in [4.78, 5) is 12.0. The average Bonchev–Trinajstić information content (AvgIpc) is 2.54. The SMILES string of the molecule is CCCOc1ccc(C2CCNC(C(=O)NCC)C2)cc1. The number of benzene rings is 1. The predicted octanol–water partition coefficient (Wildman–Crippen LogP) is 2.45. The number of hydrogen-bond acceptors (Lipinski definition) is 3. The van der Waals surface area contributed by atoms with Crippen LogP contribution in [0.1, 0.15) is 44.6 Å². The van der Waals surface area contributed by atoms with Crippen LogP contribution in [0.5, 0.6) is 5.75 Å². The zero-order valence-corrected chi connectivity index (χ0v) is 13.0. The fraction of sp³-hybridized carbons (Fsp3) is 0.588. The summed E-state index contributed by atoms with van der Waals surface area (Å²) in [5, 5.41) is 6.20. The number of likely N-dealkylation sites (N-methyl/N-ethyl adjacent to an activating group) is 1. The first-order valence-corrected chi connectivity index (χ1v) is 7.98. The van der Waals surface area contributed by atoms with E-state index in [1.165, 1.54) is 5.56 Å².